The minimum atomic E-state index is -0.865. The maximum Gasteiger partial charge on any atom is 0.317 e. The number of aliphatic carboxylic acids is 1. The number of ether oxygens (including phenoxy) is 1. The van der Waals surface area contributed by atoms with E-state index < -0.39 is 17.7 Å². The maximum atomic E-state index is 13.6. The first-order valence-corrected chi connectivity index (χ1v) is 7.59. The highest BCUT2D eigenvalue weighted by molar-refractivity contribution is 5.76. The molecule has 2 amide bonds. The number of benzene rings is 1. The third kappa shape index (κ3) is 4.58. The fourth-order valence-corrected chi connectivity index (χ4v) is 2.65. The number of urea groups is 1. The molecule has 0 radical (unpaired) electrons. The van der Waals surface area contributed by atoms with Crippen molar-refractivity contribution in [3.63, 3.8) is 0 Å². The average molecular weight is 324 g/mol. The zero-order valence-corrected chi connectivity index (χ0v) is 13.0. The van der Waals surface area contributed by atoms with Crippen LogP contribution in [0.3, 0.4) is 0 Å². The molecule has 0 aromatic heterocycles. The Kier molecular flexibility index (Phi) is 5.78. The monoisotopic (exact) mass is 324 g/mol. The largest absolute Gasteiger partial charge is 0.494 e. The molecule has 1 saturated heterocycles. The molecule has 1 atom stereocenters. The van der Waals surface area contributed by atoms with E-state index in [1.54, 1.807) is 12.1 Å². The van der Waals surface area contributed by atoms with Crippen molar-refractivity contribution in [2.24, 2.45) is 5.92 Å². The summed E-state index contributed by atoms with van der Waals surface area (Å²) in [5.74, 6) is -1.61. The first-order valence-electron chi connectivity index (χ1n) is 7.59. The first kappa shape index (κ1) is 17.1. The van der Waals surface area contributed by atoms with Crippen LogP contribution in [0.15, 0.2) is 18.2 Å². The number of piperidine rings is 1. The Hall–Kier alpha value is -2.31. The minimum absolute atomic E-state index is 0.186. The predicted octanol–water partition coefficient (Wildman–Crippen LogP) is 1.88. The van der Waals surface area contributed by atoms with E-state index in [0.717, 1.165) is 5.56 Å². The van der Waals surface area contributed by atoms with Crippen LogP contribution in [-0.2, 0) is 11.2 Å². The van der Waals surface area contributed by atoms with Gasteiger partial charge < -0.3 is 20.1 Å². The van der Waals surface area contributed by atoms with Crippen molar-refractivity contribution >= 4 is 12.0 Å². The number of likely N-dealkylation sites (tertiary alicyclic amines) is 1. The molecule has 23 heavy (non-hydrogen) atoms. The third-order valence-electron chi connectivity index (χ3n) is 3.96. The molecule has 1 heterocycles. The highest BCUT2D eigenvalue weighted by atomic mass is 19.1. The second-order valence-corrected chi connectivity index (χ2v) is 5.57. The van der Waals surface area contributed by atoms with Gasteiger partial charge in [-0.05, 0) is 37.0 Å². The maximum absolute atomic E-state index is 13.6. The Morgan fingerprint density at radius 2 is 2.26 bits per heavy atom. The molecule has 0 saturated carbocycles. The summed E-state index contributed by atoms with van der Waals surface area (Å²) >= 11 is 0. The van der Waals surface area contributed by atoms with Gasteiger partial charge in [-0.2, -0.15) is 0 Å². The van der Waals surface area contributed by atoms with Gasteiger partial charge in [-0.15, -0.1) is 0 Å². The van der Waals surface area contributed by atoms with E-state index in [-0.39, 0.29) is 18.3 Å². The Balaban J connectivity index is 1.80. The van der Waals surface area contributed by atoms with Crippen molar-refractivity contribution in [2.45, 2.75) is 19.3 Å². The van der Waals surface area contributed by atoms with E-state index in [1.165, 1.54) is 18.1 Å². The number of carbonyl (C=O) groups excluding carboxylic acids is 1. The number of amides is 2. The van der Waals surface area contributed by atoms with E-state index in [9.17, 15) is 14.0 Å². The van der Waals surface area contributed by atoms with Crippen molar-refractivity contribution in [1.29, 1.82) is 0 Å². The number of carbonyl (C=O) groups is 2. The number of halogens is 1. The van der Waals surface area contributed by atoms with Crippen LogP contribution in [-0.4, -0.2) is 48.8 Å². The highest BCUT2D eigenvalue weighted by Gasteiger charge is 2.27. The summed E-state index contributed by atoms with van der Waals surface area (Å²) in [7, 11) is 1.40. The molecule has 6 nitrogen and oxygen atoms in total. The predicted molar refractivity (Wildman–Crippen MR) is 82.0 cm³/mol. The molecule has 7 heteroatoms. The molecule has 0 aliphatic carbocycles. The smallest absolute Gasteiger partial charge is 0.317 e. The SMILES string of the molecule is COc1ccc(CCNC(=O)N2CCCC(C(=O)O)C2)cc1F. The molecule has 1 aromatic rings. The molecule has 1 fully saturated rings. The lowest BCUT2D eigenvalue weighted by molar-refractivity contribution is -0.143. The molecule has 1 aromatic carbocycles. The van der Waals surface area contributed by atoms with E-state index in [1.807, 2.05) is 0 Å². The van der Waals surface area contributed by atoms with E-state index in [2.05, 4.69) is 5.32 Å². The molecular weight excluding hydrogens is 303 g/mol. The molecule has 2 rings (SSSR count). The molecule has 0 spiro atoms. The molecule has 126 valence electrons. The molecule has 1 unspecified atom stereocenters. The first-order chi connectivity index (χ1) is 11.0. The van der Waals surface area contributed by atoms with Crippen molar-refractivity contribution < 1.29 is 23.8 Å². The highest BCUT2D eigenvalue weighted by Crippen LogP contribution is 2.18. The number of hydrogen-bond donors (Lipinski definition) is 2. The number of methoxy groups -OCH3 is 1. The molecule has 2 N–H and O–H groups in total. The van der Waals surface area contributed by atoms with Crippen LogP contribution in [0.5, 0.6) is 5.75 Å². The van der Waals surface area contributed by atoms with E-state index in [0.29, 0.717) is 32.4 Å². The Labute approximate surface area is 134 Å². The quantitative estimate of drug-likeness (QED) is 0.867. The van der Waals surface area contributed by atoms with Gasteiger partial charge in [0.25, 0.3) is 0 Å². The van der Waals surface area contributed by atoms with Gasteiger partial charge in [0.15, 0.2) is 11.6 Å². The number of nitrogens with one attached hydrogen (secondary N) is 1. The van der Waals surface area contributed by atoms with Gasteiger partial charge >= 0.3 is 12.0 Å². The normalized spacial score (nSPS) is 17.7. The van der Waals surface area contributed by atoms with Gasteiger partial charge in [0.2, 0.25) is 0 Å². The van der Waals surface area contributed by atoms with Gasteiger partial charge in [-0.3, -0.25) is 4.79 Å². The van der Waals surface area contributed by atoms with Crippen LogP contribution in [0.25, 0.3) is 0 Å². The van der Waals surface area contributed by atoms with Crippen molar-refractivity contribution in [2.75, 3.05) is 26.7 Å². The van der Waals surface area contributed by atoms with Crippen LogP contribution < -0.4 is 10.1 Å². The Bertz CT molecular complexity index is 579. The van der Waals surface area contributed by atoms with Gasteiger partial charge in [0, 0.05) is 19.6 Å². The number of hydrogen-bond acceptors (Lipinski definition) is 3. The van der Waals surface area contributed by atoms with Crippen molar-refractivity contribution in [1.82, 2.24) is 10.2 Å². The number of nitrogens with zero attached hydrogens (tertiary/aromatic N) is 1. The van der Waals surface area contributed by atoms with Crippen LogP contribution in [0.2, 0.25) is 0 Å². The number of carboxylic acids is 1. The standard InChI is InChI=1S/C16H21FN2O4/c1-23-14-5-4-11(9-13(14)17)6-7-18-16(22)19-8-2-3-12(10-19)15(20)21/h4-5,9,12H,2-3,6-8,10H2,1H3,(H,18,22)(H,20,21). The van der Waals surface area contributed by atoms with Crippen LogP contribution in [0, 0.1) is 11.7 Å². The number of rotatable bonds is 5. The molecule has 1 aliphatic rings. The van der Waals surface area contributed by atoms with E-state index in [4.69, 9.17) is 9.84 Å². The number of carboxylic acid groups (broad SMARTS) is 1. The average Bonchev–Trinajstić information content (AvgIpc) is 2.55. The zero-order valence-electron chi connectivity index (χ0n) is 13.0. The summed E-state index contributed by atoms with van der Waals surface area (Å²) in [6.45, 7) is 1.16. The van der Waals surface area contributed by atoms with Crippen LogP contribution >= 0.6 is 0 Å². The molecular formula is C16H21FN2O4. The topological polar surface area (TPSA) is 78.9 Å². The van der Waals surface area contributed by atoms with Crippen LogP contribution in [0.4, 0.5) is 9.18 Å². The van der Waals surface area contributed by atoms with Crippen molar-refractivity contribution in [3.05, 3.63) is 29.6 Å². The van der Waals surface area contributed by atoms with Gasteiger partial charge in [-0.1, -0.05) is 6.07 Å². The fraction of sp³-hybridized carbons (Fsp3) is 0.500. The summed E-state index contributed by atoms with van der Waals surface area (Å²) in [5.41, 5.74) is 0.755. The van der Waals surface area contributed by atoms with Gasteiger partial charge in [0.05, 0.1) is 13.0 Å². The second-order valence-electron chi connectivity index (χ2n) is 5.57. The zero-order chi connectivity index (χ0) is 16.8. The summed E-state index contributed by atoms with van der Waals surface area (Å²) in [4.78, 5) is 24.6. The summed E-state index contributed by atoms with van der Waals surface area (Å²) in [6.07, 6.45) is 1.78. The third-order valence-corrected chi connectivity index (χ3v) is 3.96. The Morgan fingerprint density at radius 3 is 2.91 bits per heavy atom. The minimum Gasteiger partial charge on any atom is -0.494 e. The van der Waals surface area contributed by atoms with E-state index >= 15 is 0 Å². The van der Waals surface area contributed by atoms with Gasteiger partial charge in [-0.25, -0.2) is 9.18 Å². The lowest BCUT2D eigenvalue weighted by Gasteiger charge is -2.30. The lowest BCUT2D eigenvalue weighted by atomic mass is 9.99. The summed E-state index contributed by atoms with van der Waals surface area (Å²) < 4.78 is 18.4. The van der Waals surface area contributed by atoms with Gasteiger partial charge in [0.1, 0.15) is 0 Å². The molecule has 1 aliphatic heterocycles. The van der Waals surface area contributed by atoms with Crippen molar-refractivity contribution in [3.8, 4) is 5.75 Å². The summed E-state index contributed by atoms with van der Waals surface area (Å²) in [6, 6.07) is 4.40. The summed E-state index contributed by atoms with van der Waals surface area (Å²) in [5, 5.41) is 11.8. The Morgan fingerprint density at radius 1 is 1.48 bits per heavy atom. The second kappa shape index (κ2) is 7.80. The lowest BCUT2D eigenvalue weighted by Crippen LogP contribution is -2.47. The molecule has 0 bridgehead atoms. The fourth-order valence-electron chi connectivity index (χ4n) is 2.65. The van der Waals surface area contributed by atoms with Crippen LogP contribution in [0.1, 0.15) is 18.4 Å².